The third kappa shape index (κ3) is 2.53. The average molecular weight is 273 g/mol. The molecule has 1 unspecified atom stereocenters. The summed E-state index contributed by atoms with van der Waals surface area (Å²) in [6.45, 7) is 15.3. The molecule has 1 aliphatic rings. The van der Waals surface area contributed by atoms with E-state index in [0.29, 0.717) is 22.8 Å². The average Bonchev–Trinajstić information content (AvgIpc) is 2.82. The van der Waals surface area contributed by atoms with Crippen molar-refractivity contribution in [1.82, 2.24) is 5.32 Å². The van der Waals surface area contributed by atoms with Gasteiger partial charge in [0.15, 0.2) is 0 Å². The van der Waals surface area contributed by atoms with Crippen LogP contribution in [0.25, 0.3) is 0 Å². The molecule has 1 heteroatoms. The Hall–Kier alpha value is -0.820. The first-order valence-corrected chi connectivity index (χ1v) is 8.18. The van der Waals surface area contributed by atoms with Crippen molar-refractivity contribution < 1.29 is 0 Å². The van der Waals surface area contributed by atoms with Gasteiger partial charge in [-0.3, -0.25) is 0 Å². The molecule has 0 amide bonds. The minimum Gasteiger partial charge on any atom is -0.310 e. The lowest BCUT2D eigenvalue weighted by molar-refractivity contribution is 0.410. The fourth-order valence-corrected chi connectivity index (χ4v) is 3.82. The summed E-state index contributed by atoms with van der Waals surface area (Å²) in [5.74, 6) is 0.716. The van der Waals surface area contributed by atoms with Crippen LogP contribution in [0.4, 0.5) is 0 Å². The topological polar surface area (TPSA) is 12.0 Å². The summed E-state index contributed by atoms with van der Waals surface area (Å²) in [7, 11) is 0. The van der Waals surface area contributed by atoms with Crippen molar-refractivity contribution in [3.05, 3.63) is 35.4 Å². The van der Waals surface area contributed by atoms with Crippen molar-refractivity contribution in [2.24, 2.45) is 16.7 Å². The van der Waals surface area contributed by atoms with Gasteiger partial charge in [0.1, 0.15) is 0 Å². The molecule has 1 aromatic rings. The maximum atomic E-state index is 3.81. The zero-order valence-corrected chi connectivity index (χ0v) is 14.1. The molecule has 1 atom stereocenters. The second kappa shape index (κ2) is 5.52. The van der Waals surface area contributed by atoms with Crippen LogP contribution in [0.3, 0.4) is 0 Å². The molecule has 1 aliphatic carbocycles. The molecule has 2 rings (SSSR count). The van der Waals surface area contributed by atoms with Crippen LogP contribution in [0.15, 0.2) is 24.3 Å². The molecule has 0 bridgehead atoms. The first kappa shape index (κ1) is 15.6. The molecule has 0 aromatic heterocycles. The van der Waals surface area contributed by atoms with Crippen LogP contribution in [0.5, 0.6) is 0 Å². The van der Waals surface area contributed by atoms with Gasteiger partial charge in [0.2, 0.25) is 0 Å². The number of aryl methyl sites for hydroxylation is 1. The summed E-state index contributed by atoms with van der Waals surface area (Å²) >= 11 is 0. The Balaban J connectivity index is 2.29. The zero-order valence-electron chi connectivity index (χ0n) is 14.1. The summed E-state index contributed by atoms with van der Waals surface area (Å²) in [6, 6.07) is 9.65. The van der Waals surface area contributed by atoms with Gasteiger partial charge in [-0.05, 0) is 47.3 Å². The number of hydrogen-bond acceptors (Lipinski definition) is 1. The van der Waals surface area contributed by atoms with E-state index < -0.39 is 0 Å². The lowest BCUT2D eigenvalue weighted by Gasteiger charge is -2.22. The van der Waals surface area contributed by atoms with E-state index in [-0.39, 0.29) is 0 Å². The lowest BCUT2D eigenvalue weighted by Crippen LogP contribution is -2.26. The van der Waals surface area contributed by atoms with Crippen LogP contribution in [0.2, 0.25) is 0 Å². The summed E-state index contributed by atoms with van der Waals surface area (Å²) in [6.07, 6.45) is 2.31. The Bertz CT molecular complexity index is 445. The van der Waals surface area contributed by atoms with Gasteiger partial charge in [-0.15, -0.1) is 0 Å². The highest BCUT2D eigenvalue weighted by molar-refractivity contribution is 5.31. The number of benzene rings is 1. The zero-order chi connectivity index (χ0) is 15.0. The quantitative estimate of drug-likeness (QED) is 0.771. The molecule has 1 nitrogen and oxygen atoms in total. The normalized spacial score (nSPS) is 21.7. The van der Waals surface area contributed by atoms with Crippen molar-refractivity contribution in [3.63, 3.8) is 0 Å². The van der Waals surface area contributed by atoms with Gasteiger partial charge in [-0.1, -0.05) is 65.8 Å². The molecule has 0 heterocycles. The SMILES string of the molecule is CCCNC(c1cccc(CC)c1)C1C(C)(C)C1(C)C. The van der Waals surface area contributed by atoms with Gasteiger partial charge in [0.05, 0.1) is 0 Å². The van der Waals surface area contributed by atoms with Crippen molar-refractivity contribution in [1.29, 1.82) is 0 Å². The molecule has 1 aromatic carbocycles. The predicted molar refractivity (Wildman–Crippen MR) is 87.9 cm³/mol. The van der Waals surface area contributed by atoms with E-state index in [1.165, 1.54) is 17.5 Å². The van der Waals surface area contributed by atoms with E-state index in [9.17, 15) is 0 Å². The number of rotatable bonds is 6. The molecule has 0 saturated heterocycles. The van der Waals surface area contributed by atoms with E-state index in [2.05, 4.69) is 71.1 Å². The third-order valence-corrected chi connectivity index (χ3v) is 5.80. The Kier molecular flexibility index (Phi) is 4.30. The highest BCUT2D eigenvalue weighted by Gasteiger charge is 2.67. The van der Waals surface area contributed by atoms with Crippen LogP contribution in [0.1, 0.15) is 65.1 Å². The second-order valence-corrected chi connectivity index (χ2v) is 7.45. The molecule has 1 N–H and O–H groups in total. The maximum absolute atomic E-state index is 3.81. The summed E-state index contributed by atoms with van der Waals surface area (Å²) in [4.78, 5) is 0. The highest BCUT2D eigenvalue weighted by Crippen LogP contribution is 2.72. The molecule has 0 aliphatic heterocycles. The third-order valence-electron chi connectivity index (χ3n) is 5.80. The van der Waals surface area contributed by atoms with E-state index >= 15 is 0 Å². The summed E-state index contributed by atoms with van der Waals surface area (Å²) in [5.41, 5.74) is 3.75. The fraction of sp³-hybridized carbons (Fsp3) is 0.684. The number of hydrogen-bond donors (Lipinski definition) is 1. The van der Waals surface area contributed by atoms with Gasteiger partial charge < -0.3 is 5.32 Å². The molecule has 112 valence electrons. The minimum atomic E-state index is 0.417. The molecule has 1 fully saturated rings. The van der Waals surface area contributed by atoms with Crippen molar-refractivity contribution in [2.45, 2.75) is 60.4 Å². The van der Waals surface area contributed by atoms with Gasteiger partial charge >= 0.3 is 0 Å². The Morgan fingerprint density at radius 1 is 1.10 bits per heavy atom. The minimum absolute atomic E-state index is 0.417. The largest absolute Gasteiger partial charge is 0.310 e. The van der Waals surface area contributed by atoms with E-state index in [4.69, 9.17) is 0 Å². The second-order valence-electron chi connectivity index (χ2n) is 7.45. The monoisotopic (exact) mass is 273 g/mol. The van der Waals surface area contributed by atoms with E-state index in [1.807, 2.05) is 0 Å². The lowest BCUT2D eigenvalue weighted by atomic mass is 9.94. The smallest absolute Gasteiger partial charge is 0.0359 e. The summed E-state index contributed by atoms with van der Waals surface area (Å²) in [5, 5.41) is 3.81. The Morgan fingerprint density at radius 3 is 2.25 bits per heavy atom. The molecule has 0 spiro atoms. The first-order valence-electron chi connectivity index (χ1n) is 8.18. The first-order chi connectivity index (χ1) is 9.36. The standard InChI is InChI=1S/C19H31N/c1-7-12-20-16(17-18(3,4)19(17,5)6)15-11-9-10-14(8-2)13-15/h9-11,13,16-17,20H,7-8,12H2,1-6H3. The van der Waals surface area contributed by atoms with Crippen molar-refractivity contribution in [3.8, 4) is 0 Å². The maximum Gasteiger partial charge on any atom is 0.0359 e. The predicted octanol–water partition coefficient (Wildman–Crippen LogP) is 4.97. The molecule has 20 heavy (non-hydrogen) atoms. The fourth-order valence-electron chi connectivity index (χ4n) is 3.82. The molecular formula is C19H31N. The molecular weight excluding hydrogens is 242 g/mol. The van der Waals surface area contributed by atoms with Gasteiger partial charge in [0, 0.05) is 6.04 Å². The van der Waals surface area contributed by atoms with Crippen LogP contribution in [0, 0.1) is 16.7 Å². The van der Waals surface area contributed by atoms with Crippen LogP contribution in [-0.4, -0.2) is 6.54 Å². The molecule has 0 radical (unpaired) electrons. The van der Waals surface area contributed by atoms with Crippen molar-refractivity contribution in [2.75, 3.05) is 6.54 Å². The van der Waals surface area contributed by atoms with Gasteiger partial charge in [-0.2, -0.15) is 0 Å². The van der Waals surface area contributed by atoms with Crippen LogP contribution >= 0.6 is 0 Å². The number of nitrogens with one attached hydrogen (secondary N) is 1. The highest BCUT2D eigenvalue weighted by atomic mass is 15.0. The Labute approximate surface area is 125 Å². The van der Waals surface area contributed by atoms with Crippen LogP contribution < -0.4 is 5.32 Å². The summed E-state index contributed by atoms with van der Waals surface area (Å²) < 4.78 is 0. The molecule has 1 saturated carbocycles. The van der Waals surface area contributed by atoms with Gasteiger partial charge in [0.25, 0.3) is 0 Å². The van der Waals surface area contributed by atoms with Crippen LogP contribution in [-0.2, 0) is 6.42 Å². The van der Waals surface area contributed by atoms with Crippen molar-refractivity contribution >= 4 is 0 Å². The van der Waals surface area contributed by atoms with Gasteiger partial charge in [-0.25, -0.2) is 0 Å². The van der Waals surface area contributed by atoms with E-state index in [0.717, 1.165) is 13.0 Å². The Morgan fingerprint density at radius 2 is 1.75 bits per heavy atom. The van der Waals surface area contributed by atoms with E-state index in [1.54, 1.807) is 0 Å².